The van der Waals surface area contributed by atoms with Gasteiger partial charge in [0.15, 0.2) is 0 Å². The fourth-order valence-electron chi connectivity index (χ4n) is 2.65. The number of urea groups is 1. The smallest absolute Gasteiger partial charge is 0.319 e. The molecule has 0 saturated carbocycles. The molecule has 1 aromatic carbocycles. The first-order chi connectivity index (χ1) is 11.6. The fourth-order valence-corrected chi connectivity index (χ4v) is 2.65. The molecule has 2 aromatic rings. The van der Waals surface area contributed by atoms with Crippen molar-refractivity contribution >= 4 is 23.3 Å². The Morgan fingerprint density at radius 2 is 2.12 bits per heavy atom. The summed E-state index contributed by atoms with van der Waals surface area (Å²) in [5.74, 6) is 0.441. The quantitative estimate of drug-likeness (QED) is 0.784. The minimum atomic E-state index is -0.916. The molecule has 0 spiro atoms. The molecule has 3 amide bonds. The van der Waals surface area contributed by atoms with Crippen molar-refractivity contribution in [1.29, 1.82) is 0 Å². The summed E-state index contributed by atoms with van der Waals surface area (Å²) in [5.41, 5.74) is 1.24. The summed E-state index contributed by atoms with van der Waals surface area (Å²) < 4.78 is 5.08. The first-order valence-corrected chi connectivity index (χ1v) is 7.81. The lowest BCUT2D eigenvalue weighted by Gasteiger charge is -2.20. The van der Waals surface area contributed by atoms with Crippen LogP contribution in [0.3, 0.4) is 0 Å². The Morgan fingerprint density at radius 1 is 1.29 bits per heavy atom. The van der Waals surface area contributed by atoms with E-state index in [1.54, 1.807) is 35.2 Å². The van der Waals surface area contributed by atoms with Crippen molar-refractivity contribution in [3.05, 3.63) is 48.4 Å². The van der Waals surface area contributed by atoms with Crippen LogP contribution in [0.15, 0.2) is 47.1 Å². The van der Waals surface area contributed by atoms with Crippen LogP contribution in [0.2, 0.25) is 0 Å². The molecule has 1 aliphatic heterocycles. The predicted molar refractivity (Wildman–Crippen MR) is 88.7 cm³/mol. The van der Waals surface area contributed by atoms with Gasteiger partial charge in [-0.15, -0.1) is 0 Å². The lowest BCUT2D eigenvalue weighted by molar-refractivity contribution is -0.117. The zero-order chi connectivity index (χ0) is 16.9. The first-order valence-electron chi connectivity index (χ1n) is 7.81. The van der Waals surface area contributed by atoms with E-state index in [1.807, 2.05) is 6.07 Å². The number of aliphatic hydroxyl groups excluding tert-OH is 1. The van der Waals surface area contributed by atoms with Crippen LogP contribution < -0.4 is 15.5 Å². The number of nitrogens with zero attached hydrogens (tertiary/aromatic N) is 1. The summed E-state index contributed by atoms with van der Waals surface area (Å²) >= 11 is 0. The van der Waals surface area contributed by atoms with Gasteiger partial charge in [0.2, 0.25) is 5.91 Å². The van der Waals surface area contributed by atoms with Crippen molar-refractivity contribution in [1.82, 2.24) is 5.32 Å². The molecule has 7 nitrogen and oxygen atoms in total. The molecule has 0 aliphatic carbocycles. The van der Waals surface area contributed by atoms with Crippen molar-refractivity contribution < 1.29 is 19.1 Å². The summed E-state index contributed by atoms with van der Waals surface area (Å²) in [6.45, 7) is 0.667. The number of aliphatic hydroxyl groups is 1. The Kier molecular flexibility index (Phi) is 4.81. The van der Waals surface area contributed by atoms with Crippen molar-refractivity contribution in [2.24, 2.45) is 0 Å². The normalized spacial score (nSPS) is 15.4. The molecule has 3 N–H and O–H groups in total. The molecule has 1 aromatic heterocycles. The van der Waals surface area contributed by atoms with Crippen LogP contribution in [0, 0.1) is 0 Å². The summed E-state index contributed by atoms with van der Waals surface area (Å²) in [7, 11) is 0. The van der Waals surface area contributed by atoms with Gasteiger partial charge in [-0.05, 0) is 30.7 Å². The van der Waals surface area contributed by atoms with Gasteiger partial charge in [-0.2, -0.15) is 0 Å². The number of carbonyl (C=O) groups is 2. The van der Waals surface area contributed by atoms with Gasteiger partial charge in [0.1, 0.15) is 11.9 Å². The number of furan rings is 1. The number of carbonyl (C=O) groups excluding carboxylic acids is 2. The average molecular weight is 329 g/mol. The highest BCUT2D eigenvalue weighted by Crippen LogP contribution is 2.29. The van der Waals surface area contributed by atoms with Gasteiger partial charge < -0.3 is 25.1 Å². The van der Waals surface area contributed by atoms with E-state index in [-0.39, 0.29) is 12.5 Å². The van der Waals surface area contributed by atoms with Crippen LogP contribution in [0.1, 0.15) is 24.7 Å². The van der Waals surface area contributed by atoms with Crippen molar-refractivity contribution in [2.75, 3.05) is 23.3 Å². The molecule has 1 atom stereocenters. The average Bonchev–Trinajstić information content (AvgIpc) is 3.25. The maximum absolute atomic E-state index is 12.1. The topological polar surface area (TPSA) is 94.8 Å². The zero-order valence-corrected chi connectivity index (χ0v) is 13.1. The maximum Gasteiger partial charge on any atom is 0.319 e. The van der Waals surface area contributed by atoms with Crippen LogP contribution in [-0.2, 0) is 4.79 Å². The number of para-hydroxylation sites is 2. The fraction of sp³-hybridized carbons (Fsp3) is 0.294. The van der Waals surface area contributed by atoms with E-state index in [0.717, 1.165) is 6.42 Å². The number of rotatable bonds is 5. The maximum atomic E-state index is 12.1. The largest absolute Gasteiger partial charge is 0.467 e. The van der Waals surface area contributed by atoms with Crippen molar-refractivity contribution in [2.45, 2.75) is 18.9 Å². The molecule has 1 unspecified atom stereocenters. The van der Waals surface area contributed by atoms with Crippen molar-refractivity contribution in [3.8, 4) is 0 Å². The molecule has 1 saturated heterocycles. The Hall–Kier alpha value is -2.80. The predicted octanol–water partition coefficient (Wildman–Crippen LogP) is 2.26. The summed E-state index contributed by atoms with van der Waals surface area (Å²) in [4.78, 5) is 25.7. The third-order valence-electron chi connectivity index (χ3n) is 3.84. The van der Waals surface area contributed by atoms with Gasteiger partial charge in [0.25, 0.3) is 0 Å². The second-order valence-corrected chi connectivity index (χ2v) is 5.53. The van der Waals surface area contributed by atoms with Crippen LogP contribution in [0.25, 0.3) is 0 Å². The van der Waals surface area contributed by atoms with Crippen LogP contribution in [0.5, 0.6) is 0 Å². The third-order valence-corrected chi connectivity index (χ3v) is 3.84. The molecule has 126 valence electrons. The lowest BCUT2D eigenvalue weighted by atomic mass is 10.2. The van der Waals surface area contributed by atoms with Gasteiger partial charge >= 0.3 is 6.03 Å². The second-order valence-electron chi connectivity index (χ2n) is 5.53. The number of hydrogen-bond acceptors (Lipinski definition) is 4. The van der Waals surface area contributed by atoms with E-state index in [1.165, 1.54) is 6.26 Å². The van der Waals surface area contributed by atoms with Gasteiger partial charge in [0.05, 0.1) is 24.2 Å². The minimum absolute atomic E-state index is 0.0180. The zero-order valence-electron chi connectivity index (χ0n) is 13.1. The number of amides is 3. The highest BCUT2D eigenvalue weighted by Gasteiger charge is 2.24. The van der Waals surface area contributed by atoms with Crippen LogP contribution >= 0.6 is 0 Å². The molecule has 3 rings (SSSR count). The van der Waals surface area contributed by atoms with E-state index < -0.39 is 12.1 Å². The Bertz CT molecular complexity index is 714. The first kappa shape index (κ1) is 16.1. The Labute approximate surface area is 139 Å². The molecule has 1 fully saturated rings. The SMILES string of the molecule is O=C(NCC(O)c1ccco1)Nc1ccccc1N1CCCC1=O. The van der Waals surface area contributed by atoms with Gasteiger partial charge in [-0.25, -0.2) is 4.79 Å². The summed E-state index contributed by atoms with van der Waals surface area (Å²) in [6, 6.07) is 10.0. The molecule has 24 heavy (non-hydrogen) atoms. The van der Waals surface area contributed by atoms with E-state index in [9.17, 15) is 14.7 Å². The summed E-state index contributed by atoms with van der Waals surface area (Å²) in [6.07, 6.45) is 1.88. The molecular formula is C17H19N3O4. The van der Waals surface area contributed by atoms with Crippen LogP contribution in [-0.4, -0.2) is 30.1 Å². The monoisotopic (exact) mass is 329 g/mol. The van der Waals surface area contributed by atoms with E-state index in [0.29, 0.717) is 30.1 Å². The molecule has 0 radical (unpaired) electrons. The van der Waals surface area contributed by atoms with E-state index in [4.69, 9.17) is 4.42 Å². The van der Waals surface area contributed by atoms with Gasteiger partial charge in [-0.3, -0.25) is 4.79 Å². The van der Waals surface area contributed by atoms with Crippen molar-refractivity contribution in [3.63, 3.8) is 0 Å². The van der Waals surface area contributed by atoms with E-state index in [2.05, 4.69) is 10.6 Å². The standard InChI is InChI=1S/C17H19N3O4/c21-14(15-7-4-10-24-15)11-18-17(23)19-12-5-1-2-6-13(12)20-9-3-8-16(20)22/h1-2,4-7,10,14,21H,3,8-9,11H2,(H2,18,19,23). The highest BCUT2D eigenvalue weighted by atomic mass is 16.4. The molecular weight excluding hydrogens is 310 g/mol. The Balaban J connectivity index is 1.61. The molecule has 2 heterocycles. The molecule has 1 aliphatic rings. The number of benzene rings is 1. The summed E-state index contributed by atoms with van der Waals surface area (Å²) in [5, 5.41) is 15.2. The van der Waals surface area contributed by atoms with Gasteiger partial charge in [0, 0.05) is 13.0 Å². The number of hydrogen-bond donors (Lipinski definition) is 3. The van der Waals surface area contributed by atoms with Crippen LogP contribution in [0.4, 0.5) is 16.2 Å². The number of anilines is 2. The number of nitrogens with one attached hydrogen (secondary N) is 2. The van der Waals surface area contributed by atoms with Gasteiger partial charge in [-0.1, -0.05) is 12.1 Å². The second kappa shape index (κ2) is 7.18. The highest BCUT2D eigenvalue weighted by molar-refractivity contribution is 6.01. The molecule has 0 bridgehead atoms. The van der Waals surface area contributed by atoms with E-state index >= 15 is 0 Å². The minimum Gasteiger partial charge on any atom is -0.467 e. The Morgan fingerprint density at radius 3 is 2.83 bits per heavy atom. The lowest BCUT2D eigenvalue weighted by Crippen LogP contribution is -2.33. The third kappa shape index (κ3) is 3.57. The molecule has 7 heteroatoms.